The van der Waals surface area contributed by atoms with Crippen LogP contribution < -0.4 is 0 Å². The zero-order valence-corrected chi connectivity index (χ0v) is 34.2. The van der Waals surface area contributed by atoms with Crippen molar-refractivity contribution in [3.63, 3.8) is 0 Å². The van der Waals surface area contributed by atoms with Gasteiger partial charge in [-0.15, -0.1) is 0 Å². The van der Waals surface area contributed by atoms with E-state index in [9.17, 15) is 0 Å². The molecule has 2 aromatic rings. The van der Waals surface area contributed by atoms with Gasteiger partial charge >= 0.3 is 0 Å². The van der Waals surface area contributed by atoms with Gasteiger partial charge in [-0.25, -0.2) is 4.99 Å². The summed E-state index contributed by atoms with van der Waals surface area (Å²) in [7, 11) is 0. The molecule has 0 amide bonds. The molecule has 0 bridgehead atoms. The molecule has 0 aliphatic heterocycles. The molecule has 0 unspecified atom stereocenters. The lowest BCUT2D eigenvalue weighted by Gasteiger charge is -2.09. The molecule has 2 nitrogen and oxygen atoms in total. The second kappa shape index (κ2) is 30.9. The number of aryl methyl sites for hydroxylation is 4. The minimum absolute atomic E-state index is 0.784. The largest absolute Gasteiger partial charge is 0.254 e. The number of unbranched alkanes of at least 4 members (excludes halogenated alkanes) is 19. The van der Waals surface area contributed by atoms with Gasteiger partial charge in [-0.05, 0) is 110 Å². The topological polar surface area (TPSA) is 24.7 Å². The molecule has 0 aromatic heterocycles. The highest BCUT2D eigenvalue weighted by Crippen LogP contribution is 2.24. The lowest BCUT2D eigenvalue weighted by molar-refractivity contribution is 0.551. The first-order valence-electron chi connectivity index (χ1n) is 22.0. The summed E-state index contributed by atoms with van der Waals surface area (Å²) in [5, 5.41) is 0. The molecule has 2 heteroatoms. The Bertz CT molecular complexity index is 1220. The summed E-state index contributed by atoms with van der Waals surface area (Å²) in [6.45, 7) is 11.4. The summed E-state index contributed by atoms with van der Waals surface area (Å²) >= 11 is 0. The third kappa shape index (κ3) is 22.8. The van der Waals surface area contributed by atoms with Crippen molar-refractivity contribution in [3.8, 4) is 11.8 Å². The number of hydrogen-bond acceptors (Lipinski definition) is 2. The van der Waals surface area contributed by atoms with Crippen molar-refractivity contribution in [3.05, 3.63) is 58.7 Å². The van der Waals surface area contributed by atoms with Crippen LogP contribution in [-0.2, 0) is 25.7 Å². The molecular weight excluding hydrogens is 617 g/mol. The zero-order chi connectivity index (χ0) is 36.6. The highest BCUT2D eigenvalue weighted by molar-refractivity contribution is 6.39. The van der Waals surface area contributed by atoms with E-state index in [2.05, 4.69) is 82.9 Å². The van der Waals surface area contributed by atoms with Crippen LogP contribution in [0.1, 0.15) is 211 Å². The molecule has 2 aromatic carbocycles. The van der Waals surface area contributed by atoms with Gasteiger partial charge in [0, 0.05) is 6.42 Å². The molecule has 0 heterocycles. The van der Waals surface area contributed by atoms with Gasteiger partial charge in [0.05, 0.1) is 17.6 Å². The fourth-order valence-electron chi connectivity index (χ4n) is 6.91. The Morgan fingerprint density at radius 3 is 1.20 bits per heavy atom. The van der Waals surface area contributed by atoms with E-state index in [4.69, 9.17) is 9.98 Å². The van der Waals surface area contributed by atoms with Gasteiger partial charge in [0.25, 0.3) is 0 Å². The summed E-state index contributed by atoms with van der Waals surface area (Å²) in [6, 6.07) is 14.1. The van der Waals surface area contributed by atoms with E-state index in [1.165, 1.54) is 170 Å². The van der Waals surface area contributed by atoms with Crippen LogP contribution in [0.4, 0.5) is 11.4 Å². The lowest BCUT2D eigenvalue weighted by atomic mass is 10.00. The van der Waals surface area contributed by atoms with Crippen LogP contribution in [0.5, 0.6) is 0 Å². The number of rotatable bonds is 30. The number of aliphatic imine (C=N–C) groups is 2. The molecule has 0 fully saturated rings. The number of nitrogens with zero attached hydrogens (tertiary/aromatic N) is 2. The SMILES string of the molecule is CCCCCCCCCCCCCC#CC(C=Nc1cc(CCCCC)cc(CCCCC)c1)=Nc1cc(CCCCC)cc(CCCCC)c1. The van der Waals surface area contributed by atoms with E-state index in [1.54, 1.807) is 0 Å². The van der Waals surface area contributed by atoms with Gasteiger partial charge < -0.3 is 0 Å². The maximum atomic E-state index is 5.21. The molecule has 0 aliphatic carbocycles. The normalized spacial score (nSPS) is 11.7. The lowest BCUT2D eigenvalue weighted by Crippen LogP contribution is -1.97. The molecule has 0 saturated carbocycles. The van der Waals surface area contributed by atoms with Crippen molar-refractivity contribution < 1.29 is 0 Å². The van der Waals surface area contributed by atoms with Crippen LogP contribution in [0.2, 0.25) is 0 Å². The first-order chi connectivity index (χ1) is 25.1. The predicted octanol–water partition coefficient (Wildman–Crippen LogP) is 15.8. The third-order valence-electron chi connectivity index (χ3n) is 10.1. The minimum atomic E-state index is 0.784. The first-order valence-corrected chi connectivity index (χ1v) is 22.0. The Balaban J connectivity index is 2.26. The molecule has 0 N–H and O–H groups in total. The Labute approximate surface area is 317 Å². The van der Waals surface area contributed by atoms with Crippen LogP contribution in [0.3, 0.4) is 0 Å². The molecule has 0 aliphatic rings. The zero-order valence-electron chi connectivity index (χ0n) is 34.2. The van der Waals surface area contributed by atoms with Gasteiger partial charge in [0.1, 0.15) is 5.71 Å². The average molecular weight is 695 g/mol. The minimum Gasteiger partial charge on any atom is -0.254 e. The van der Waals surface area contributed by atoms with Crippen LogP contribution in [-0.4, -0.2) is 11.9 Å². The van der Waals surface area contributed by atoms with Crippen molar-refractivity contribution in [2.24, 2.45) is 9.98 Å². The Hall–Kier alpha value is -2.66. The summed E-state index contributed by atoms with van der Waals surface area (Å²) < 4.78 is 0. The fraction of sp³-hybridized carbons (Fsp3) is 0.673. The second-order valence-corrected chi connectivity index (χ2v) is 15.2. The molecule has 0 radical (unpaired) electrons. The first kappa shape index (κ1) is 44.5. The van der Waals surface area contributed by atoms with Crippen molar-refractivity contribution in [1.29, 1.82) is 0 Å². The van der Waals surface area contributed by atoms with Gasteiger partial charge in [0.2, 0.25) is 0 Å². The standard InChI is InChI=1S/C49H78N2/c1-6-11-16-17-18-19-20-21-22-23-24-25-30-35-47(51-49-40-45(33-28-14-9-4)37-46(41-49)34-29-15-10-5)42-50-48-38-43(31-26-12-7-2)36-44(39-48)32-27-13-8-3/h36-42H,6-29,31-34H2,1-5H3. The van der Waals surface area contributed by atoms with Crippen LogP contribution in [0.25, 0.3) is 0 Å². The fourth-order valence-corrected chi connectivity index (χ4v) is 6.91. The van der Waals surface area contributed by atoms with E-state index < -0.39 is 0 Å². The van der Waals surface area contributed by atoms with E-state index in [-0.39, 0.29) is 0 Å². The van der Waals surface area contributed by atoms with Gasteiger partial charge in [-0.1, -0.05) is 168 Å². The number of hydrogen-bond donors (Lipinski definition) is 0. The van der Waals surface area contributed by atoms with E-state index in [0.717, 1.165) is 49.2 Å². The Morgan fingerprint density at radius 1 is 0.431 bits per heavy atom. The van der Waals surface area contributed by atoms with Crippen LogP contribution >= 0.6 is 0 Å². The molecule has 0 atom stereocenters. The van der Waals surface area contributed by atoms with E-state index >= 15 is 0 Å². The smallest absolute Gasteiger partial charge is 0.132 e. The van der Waals surface area contributed by atoms with Crippen LogP contribution in [0.15, 0.2) is 46.4 Å². The van der Waals surface area contributed by atoms with Gasteiger partial charge in [-0.3, -0.25) is 4.99 Å². The van der Waals surface area contributed by atoms with Crippen LogP contribution in [0, 0.1) is 11.8 Å². The van der Waals surface area contributed by atoms with Crippen molar-refractivity contribution in [2.75, 3.05) is 0 Å². The molecule has 51 heavy (non-hydrogen) atoms. The Morgan fingerprint density at radius 2 is 0.784 bits per heavy atom. The summed E-state index contributed by atoms with van der Waals surface area (Å²) in [5.74, 6) is 6.99. The highest BCUT2D eigenvalue weighted by atomic mass is 14.8. The second-order valence-electron chi connectivity index (χ2n) is 15.2. The summed E-state index contributed by atoms with van der Waals surface area (Å²) in [4.78, 5) is 10.3. The monoisotopic (exact) mass is 695 g/mol. The molecule has 0 spiro atoms. The third-order valence-corrected chi connectivity index (χ3v) is 10.1. The molecule has 0 saturated heterocycles. The maximum absolute atomic E-state index is 5.21. The van der Waals surface area contributed by atoms with Gasteiger partial charge in [-0.2, -0.15) is 0 Å². The summed E-state index contributed by atoms with van der Waals surface area (Å²) in [6.07, 6.45) is 37.4. The average Bonchev–Trinajstić information content (AvgIpc) is 3.13. The van der Waals surface area contributed by atoms with Crippen molar-refractivity contribution >= 4 is 23.3 Å². The maximum Gasteiger partial charge on any atom is 0.132 e. The Kier molecular flexibility index (Phi) is 27.0. The molecule has 284 valence electrons. The van der Waals surface area contributed by atoms with Crippen molar-refractivity contribution in [2.45, 2.75) is 214 Å². The molecular formula is C49H78N2. The van der Waals surface area contributed by atoms with Gasteiger partial charge in [0.15, 0.2) is 0 Å². The summed E-state index contributed by atoms with van der Waals surface area (Å²) in [5.41, 5.74) is 8.53. The van der Waals surface area contributed by atoms with E-state index in [1.807, 2.05) is 6.21 Å². The molecule has 2 rings (SSSR count). The number of benzene rings is 2. The quantitative estimate of drug-likeness (QED) is 0.0442. The van der Waals surface area contributed by atoms with Crippen molar-refractivity contribution in [1.82, 2.24) is 0 Å². The van der Waals surface area contributed by atoms with E-state index in [0.29, 0.717) is 0 Å². The highest BCUT2D eigenvalue weighted by Gasteiger charge is 2.05. The predicted molar refractivity (Wildman–Crippen MR) is 230 cm³/mol.